The van der Waals surface area contributed by atoms with Gasteiger partial charge >= 0.3 is 6.03 Å². The molecule has 1 atom stereocenters. The van der Waals surface area contributed by atoms with Gasteiger partial charge in [0.15, 0.2) is 6.29 Å². The predicted molar refractivity (Wildman–Crippen MR) is 25.5 cm³/mol. The zero-order valence-corrected chi connectivity index (χ0v) is 4.42. The van der Waals surface area contributed by atoms with Gasteiger partial charge in [0.05, 0.1) is 0 Å². The number of amides is 2. The molecular formula is C3H8N2O3. The molecule has 0 aromatic heterocycles. The summed E-state index contributed by atoms with van der Waals surface area (Å²) in [6, 6.07) is -0.828. The van der Waals surface area contributed by atoms with Crippen LogP contribution in [0, 0.1) is 0 Å². The van der Waals surface area contributed by atoms with E-state index in [0.717, 1.165) is 0 Å². The normalized spacial score (nSPS) is 12.8. The first-order valence-corrected chi connectivity index (χ1v) is 2.02. The third-order valence-electron chi connectivity index (χ3n) is 0.330. The molecule has 8 heavy (non-hydrogen) atoms. The minimum absolute atomic E-state index is 0.828. The third-order valence-corrected chi connectivity index (χ3v) is 0.330. The molecule has 5 nitrogen and oxygen atoms in total. The van der Waals surface area contributed by atoms with Gasteiger partial charge in [0.25, 0.3) is 0 Å². The average Bonchev–Trinajstić information content (AvgIpc) is 1.61. The molecule has 0 fully saturated rings. The Balaban J connectivity index is 3.05. The standard InChI is InChI=1S/C3H8N2O3/c1-2(6)8-5-3(4)7/h2,6H,1H3,(H3,4,5,7). The molecule has 0 aliphatic heterocycles. The van der Waals surface area contributed by atoms with E-state index in [-0.39, 0.29) is 0 Å². The fraction of sp³-hybridized carbons (Fsp3) is 0.667. The van der Waals surface area contributed by atoms with Crippen molar-refractivity contribution in [2.45, 2.75) is 13.2 Å². The summed E-state index contributed by atoms with van der Waals surface area (Å²) in [5.41, 5.74) is 6.29. The van der Waals surface area contributed by atoms with Crippen LogP contribution in [-0.4, -0.2) is 17.4 Å². The third kappa shape index (κ3) is 5.19. The van der Waals surface area contributed by atoms with E-state index in [1.807, 2.05) is 0 Å². The number of primary amides is 1. The SMILES string of the molecule is CC(O)ONC(N)=O. The first-order chi connectivity index (χ1) is 3.63. The van der Waals surface area contributed by atoms with Crippen LogP contribution in [0.5, 0.6) is 0 Å². The lowest BCUT2D eigenvalue weighted by Gasteiger charge is -2.02. The van der Waals surface area contributed by atoms with Gasteiger partial charge in [-0.15, -0.1) is 0 Å². The van der Waals surface area contributed by atoms with E-state index < -0.39 is 12.3 Å². The fourth-order valence-electron chi connectivity index (χ4n) is 0.143. The molecule has 4 N–H and O–H groups in total. The van der Waals surface area contributed by atoms with Crippen molar-refractivity contribution in [1.82, 2.24) is 5.48 Å². The Morgan fingerprint density at radius 1 is 2.00 bits per heavy atom. The van der Waals surface area contributed by atoms with Crippen LogP contribution in [0.1, 0.15) is 6.92 Å². The van der Waals surface area contributed by atoms with Crippen molar-refractivity contribution in [1.29, 1.82) is 0 Å². The lowest BCUT2D eigenvalue weighted by Crippen LogP contribution is -2.32. The van der Waals surface area contributed by atoms with Crippen molar-refractivity contribution in [2.24, 2.45) is 5.73 Å². The van der Waals surface area contributed by atoms with E-state index in [1.165, 1.54) is 6.92 Å². The molecule has 0 saturated heterocycles. The number of aliphatic hydroxyl groups excluding tert-OH is 1. The summed E-state index contributed by atoms with van der Waals surface area (Å²) in [5.74, 6) is 0. The molecule has 0 bridgehead atoms. The van der Waals surface area contributed by atoms with Crippen LogP contribution in [0.15, 0.2) is 0 Å². The molecule has 0 aliphatic rings. The summed E-state index contributed by atoms with van der Waals surface area (Å²) < 4.78 is 0. The van der Waals surface area contributed by atoms with Gasteiger partial charge in [-0.25, -0.2) is 15.1 Å². The van der Waals surface area contributed by atoms with Gasteiger partial charge in [-0.1, -0.05) is 0 Å². The first-order valence-electron chi connectivity index (χ1n) is 2.02. The molecule has 0 spiro atoms. The molecule has 2 amide bonds. The Kier molecular flexibility index (Phi) is 2.90. The summed E-state index contributed by atoms with van der Waals surface area (Å²) in [6.07, 6.45) is -1.03. The van der Waals surface area contributed by atoms with E-state index >= 15 is 0 Å². The molecule has 5 heteroatoms. The maximum Gasteiger partial charge on any atom is 0.336 e. The van der Waals surface area contributed by atoms with Crippen molar-refractivity contribution in [3.63, 3.8) is 0 Å². The lowest BCUT2D eigenvalue weighted by atomic mass is 10.8. The largest absolute Gasteiger partial charge is 0.366 e. The van der Waals surface area contributed by atoms with E-state index in [1.54, 1.807) is 5.48 Å². The molecular weight excluding hydrogens is 112 g/mol. The van der Waals surface area contributed by atoms with E-state index in [4.69, 9.17) is 5.11 Å². The van der Waals surface area contributed by atoms with Crippen LogP contribution in [-0.2, 0) is 4.84 Å². The van der Waals surface area contributed by atoms with Crippen LogP contribution in [0.4, 0.5) is 4.79 Å². The number of aliphatic hydroxyl groups is 1. The number of urea groups is 1. The lowest BCUT2D eigenvalue weighted by molar-refractivity contribution is -0.118. The number of carbonyl (C=O) groups excluding carboxylic acids is 1. The fourth-order valence-corrected chi connectivity index (χ4v) is 0.143. The van der Waals surface area contributed by atoms with Crippen LogP contribution < -0.4 is 11.2 Å². The van der Waals surface area contributed by atoms with Gasteiger partial charge < -0.3 is 10.8 Å². The monoisotopic (exact) mass is 120 g/mol. The van der Waals surface area contributed by atoms with Crippen LogP contribution >= 0.6 is 0 Å². The summed E-state index contributed by atoms with van der Waals surface area (Å²) in [4.78, 5) is 13.9. The number of nitrogens with two attached hydrogens (primary N) is 1. The Labute approximate surface area is 46.4 Å². The second kappa shape index (κ2) is 3.23. The van der Waals surface area contributed by atoms with Gasteiger partial charge in [-0.2, -0.15) is 0 Å². The van der Waals surface area contributed by atoms with Gasteiger partial charge in [0, 0.05) is 0 Å². The van der Waals surface area contributed by atoms with Crippen LogP contribution in [0.2, 0.25) is 0 Å². The molecule has 0 radical (unpaired) electrons. The van der Waals surface area contributed by atoms with Crippen LogP contribution in [0.25, 0.3) is 0 Å². The molecule has 0 aromatic rings. The highest BCUT2D eigenvalue weighted by Gasteiger charge is 1.94. The predicted octanol–water partition coefficient (Wildman–Crippen LogP) is -1.08. The van der Waals surface area contributed by atoms with E-state index in [2.05, 4.69) is 10.6 Å². The Morgan fingerprint density at radius 3 is 2.62 bits per heavy atom. The summed E-state index contributed by atoms with van der Waals surface area (Å²) in [5, 5.41) is 8.31. The van der Waals surface area contributed by atoms with E-state index in [0.29, 0.717) is 0 Å². The van der Waals surface area contributed by atoms with Crippen molar-refractivity contribution >= 4 is 6.03 Å². The second-order valence-electron chi connectivity index (χ2n) is 1.18. The zero-order chi connectivity index (χ0) is 6.57. The minimum Gasteiger partial charge on any atom is -0.366 e. The number of hydrogen-bond donors (Lipinski definition) is 3. The highest BCUT2D eigenvalue weighted by molar-refractivity contribution is 5.70. The molecule has 0 saturated carbocycles. The highest BCUT2D eigenvalue weighted by atomic mass is 16.7. The van der Waals surface area contributed by atoms with Gasteiger partial charge in [0.2, 0.25) is 0 Å². The zero-order valence-electron chi connectivity index (χ0n) is 4.42. The number of hydrogen-bond acceptors (Lipinski definition) is 3. The van der Waals surface area contributed by atoms with Crippen molar-refractivity contribution in [2.75, 3.05) is 0 Å². The van der Waals surface area contributed by atoms with Crippen molar-refractivity contribution < 1.29 is 14.7 Å². The topological polar surface area (TPSA) is 84.6 Å². The maximum absolute atomic E-state index is 9.78. The smallest absolute Gasteiger partial charge is 0.336 e. The number of hydroxylamine groups is 1. The maximum atomic E-state index is 9.78. The van der Waals surface area contributed by atoms with Gasteiger partial charge in [0.1, 0.15) is 0 Å². The minimum atomic E-state index is -1.03. The summed E-state index contributed by atoms with van der Waals surface area (Å²) >= 11 is 0. The number of carbonyl (C=O) groups is 1. The molecule has 0 rings (SSSR count). The number of nitrogens with one attached hydrogen (secondary N) is 1. The Morgan fingerprint density at radius 2 is 2.50 bits per heavy atom. The highest BCUT2D eigenvalue weighted by Crippen LogP contribution is 1.75. The second-order valence-corrected chi connectivity index (χ2v) is 1.18. The molecule has 0 aromatic carbocycles. The van der Waals surface area contributed by atoms with Crippen molar-refractivity contribution in [3.05, 3.63) is 0 Å². The first kappa shape index (κ1) is 7.19. The molecule has 0 heterocycles. The van der Waals surface area contributed by atoms with Crippen LogP contribution in [0.3, 0.4) is 0 Å². The Hall–Kier alpha value is -0.810. The average molecular weight is 120 g/mol. The Bertz CT molecular complexity index is 82.6. The van der Waals surface area contributed by atoms with Gasteiger partial charge in [-0.05, 0) is 6.92 Å². The molecule has 1 unspecified atom stereocenters. The molecule has 48 valence electrons. The van der Waals surface area contributed by atoms with Gasteiger partial charge in [-0.3, -0.25) is 0 Å². The number of rotatable bonds is 2. The van der Waals surface area contributed by atoms with E-state index in [9.17, 15) is 4.79 Å². The molecule has 0 aliphatic carbocycles. The summed E-state index contributed by atoms with van der Waals surface area (Å²) in [7, 11) is 0. The van der Waals surface area contributed by atoms with Crippen molar-refractivity contribution in [3.8, 4) is 0 Å². The summed E-state index contributed by atoms with van der Waals surface area (Å²) in [6.45, 7) is 1.34. The quantitative estimate of drug-likeness (QED) is 0.320.